The summed E-state index contributed by atoms with van der Waals surface area (Å²) in [6, 6.07) is 7.48. The number of nitrogens with zero attached hydrogens (tertiary/aromatic N) is 1. The SMILES string of the molecule is Cc1sc(CC(N)=O)nc1-c1ccc(Cl)cc1. The summed E-state index contributed by atoms with van der Waals surface area (Å²) in [7, 11) is 0. The summed E-state index contributed by atoms with van der Waals surface area (Å²) in [5, 5.41) is 1.44. The molecule has 1 heterocycles. The summed E-state index contributed by atoms with van der Waals surface area (Å²) in [6.45, 7) is 1.98. The van der Waals surface area contributed by atoms with Gasteiger partial charge in [0, 0.05) is 15.5 Å². The molecule has 2 aromatic rings. The molecule has 0 atom stereocenters. The molecular formula is C12H11ClN2OS. The number of benzene rings is 1. The van der Waals surface area contributed by atoms with Crippen molar-refractivity contribution in [3.63, 3.8) is 0 Å². The first-order chi connectivity index (χ1) is 8.06. The van der Waals surface area contributed by atoms with E-state index in [1.165, 1.54) is 11.3 Å². The van der Waals surface area contributed by atoms with Gasteiger partial charge in [-0.05, 0) is 19.1 Å². The topological polar surface area (TPSA) is 56.0 Å². The summed E-state index contributed by atoms with van der Waals surface area (Å²) >= 11 is 7.33. The highest BCUT2D eigenvalue weighted by atomic mass is 35.5. The Morgan fingerprint density at radius 3 is 2.65 bits per heavy atom. The molecule has 1 aromatic heterocycles. The highest BCUT2D eigenvalue weighted by Crippen LogP contribution is 2.28. The van der Waals surface area contributed by atoms with Crippen molar-refractivity contribution in [2.24, 2.45) is 5.73 Å². The lowest BCUT2D eigenvalue weighted by Crippen LogP contribution is -2.13. The van der Waals surface area contributed by atoms with E-state index in [9.17, 15) is 4.79 Å². The Balaban J connectivity index is 2.35. The van der Waals surface area contributed by atoms with Gasteiger partial charge in [-0.25, -0.2) is 4.98 Å². The fraction of sp³-hybridized carbons (Fsp3) is 0.167. The minimum atomic E-state index is -0.360. The van der Waals surface area contributed by atoms with Gasteiger partial charge in [-0.15, -0.1) is 11.3 Å². The highest BCUT2D eigenvalue weighted by Gasteiger charge is 2.11. The van der Waals surface area contributed by atoms with Gasteiger partial charge >= 0.3 is 0 Å². The van der Waals surface area contributed by atoms with E-state index in [-0.39, 0.29) is 12.3 Å². The Morgan fingerprint density at radius 1 is 1.41 bits per heavy atom. The van der Waals surface area contributed by atoms with Gasteiger partial charge in [-0.2, -0.15) is 0 Å². The molecule has 2 N–H and O–H groups in total. The number of carbonyl (C=O) groups excluding carboxylic acids is 1. The van der Waals surface area contributed by atoms with Crippen molar-refractivity contribution in [3.05, 3.63) is 39.2 Å². The van der Waals surface area contributed by atoms with Crippen LogP contribution < -0.4 is 5.73 Å². The number of hydrogen-bond acceptors (Lipinski definition) is 3. The van der Waals surface area contributed by atoms with Gasteiger partial charge in [-0.1, -0.05) is 23.7 Å². The van der Waals surface area contributed by atoms with Gasteiger partial charge in [0.2, 0.25) is 5.91 Å². The van der Waals surface area contributed by atoms with Gasteiger partial charge in [0.05, 0.1) is 12.1 Å². The average Bonchev–Trinajstić information content (AvgIpc) is 2.59. The van der Waals surface area contributed by atoms with Crippen molar-refractivity contribution >= 4 is 28.8 Å². The second kappa shape index (κ2) is 4.85. The minimum Gasteiger partial charge on any atom is -0.369 e. The fourth-order valence-corrected chi connectivity index (χ4v) is 2.64. The first kappa shape index (κ1) is 12.1. The predicted octanol–water partition coefficient (Wildman–Crippen LogP) is 2.80. The zero-order valence-corrected chi connectivity index (χ0v) is 10.8. The molecular weight excluding hydrogens is 256 g/mol. The first-order valence-corrected chi connectivity index (χ1v) is 6.26. The van der Waals surface area contributed by atoms with Gasteiger partial charge in [-0.3, -0.25) is 4.79 Å². The van der Waals surface area contributed by atoms with Crippen molar-refractivity contribution in [2.75, 3.05) is 0 Å². The number of amides is 1. The number of aryl methyl sites for hydroxylation is 1. The largest absolute Gasteiger partial charge is 0.369 e. The summed E-state index contributed by atoms with van der Waals surface area (Å²) in [5.74, 6) is -0.360. The quantitative estimate of drug-likeness (QED) is 0.929. The molecule has 5 heteroatoms. The summed E-state index contributed by atoms with van der Waals surface area (Å²) in [4.78, 5) is 16.3. The average molecular weight is 267 g/mol. The number of primary amides is 1. The second-order valence-corrected chi connectivity index (χ2v) is 5.39. The van der Waals surface area contributed by atoms with Crippen LogP contribution in [0.25, 0.3) is 11.3 Å². The highest BCUT2D eigenvalue weighted by molar-refractivity contribution is 7.12. The molecule has 0 saturated carbocycles. The van der Waals surface area contributed by atoms with E-state index in [0.29, 0.717) is 5.02 Å². The molecule has 1 amide bonds. The number of rotatable bonds is 3. The van der Waals surface area contributed by atoms with Crippen molar-refractivity contribution in [2.45, 2.75) is 13.3 Å². The minimum absolute atomic E-state index is 0.194. The third-order valence-corrected chi connectivity index (χ3v) is 3.51. The molecule has 0 saturated heterocycles. The van der Waals surface area contributed by atoms with Gasteiger partial charge < -0.3 is 5.73 Å². The Bertz CT molecular complexity index is 548. The molecule has 0 aliphatic rings. The third-order valence-electron chi connectivity index (χ3n) is 2.28. The van der Waals surface area contributed by atoms with Gasteiger partial charge in [0.15, 0.2) is 0 Å². The molecule has 0 spiro atoms. The molecule has 2 rings (SSSR count). The standard InChI is InChI=1S/C12H11ClN2OS/c1-7-12(8-2-4-9(13)5-3-8)15-11(17-7)6-10(14)16/h2-5H,6H2,1H3,(H2,14,16). The van der Waals surface area contributed by atoms with E-state index in [0.717, 1.165) is 21.1 Å². The van der Waals surface area contributed by atoms with Crippen molar-refractivity contribution in [3.8, 4) is 11.3 Å². The zero-order chi connectivity index (χ0) is 12.4. The number of halogens is 1. The molecule has 0 radical (unpaired) electrons. The van der Waals surface area contributed by atoms with Crippen LogP contribution in [0.4, 0.5) is 0 Å². The van der Waals surface area contributed by atoms with Crippen LogP contribution in [0.3, 0.4) is 0 Å². The Hall–Kier alpha value is -1.39. The molecule has 88 valence electrons. The second-order valence-electron chi connectivity index (χ2n) is 3.66. The summed E-state index contributed by atoms with van der Waals surface area (Å²) < 4.78 is 0. The maximum absolute atomic E-state index is 10.8. The number of hydrogen-bond donors (Lipinski definition) is 1. The molecule has 0 aliphatic heterocycles. The van der Waals surface area contributed by atoms with Gasteiger partial charge in [0.1, 0.15) is 5.01 Å². The molecule has 1 aromatic carbocycles. The van der Waals surface area contributed by atoms with E-state index in [1.54, 1.807) is 0 Å². The Kier molecular flexibility index (Phi) is 3.45. The van der Waals surface area contributed by atoms with Crippen LogP contribution in [0.15, 0.2) is 24.3 Å². The number of aromatic nitrogens is 1. The van der Waals surface area contributed by atoms with E-state index < -0.39 is 0 Å². The normalized spacial score (nSPS) is 10.5. The predicted molar refractivity (Wildman–Crippen MR) is 70.2 cm³/mol. The van der Waals surface area contributed by atoms with Crippen LogP contribution in [0.1, 0.15) is 9.88 Å². The fourth-order valence-electron chi connectivity index (χ4n) is 1.55. The van der Waals surface area contributed by atoms with E-state index >= 15 is 0 Å². The van der Waals surface area contributed by atoms with Crippen molar-refractivity contribution in [1.82, 2.24) is 4.98 Å². The summed E-state index contributed by atoms with van der Waals surface area (Å²) in [5.41, 5.74) is 7.04. The molecule has 0 bridgehead atoms. The number of thiazole rings is 1. The van der Waals surface area contributed by atoms with Gasteiger partial charge in [0.25, 0.3) is 0 Å². The zero-order valence-electron chi connectivity index (χ0n) is 9.24. The molecule has 0 unspecified atom stereocenters. The maximum atomic E-state index is 10.8. The smallest absolute Gasteiger partial charge is 0.224 e. The van der Waals surface area contributed by atoms with Crippen LogP contribution in [-0.4, -0.2) is 10.9 Å². The molecule has 17 heavy (non-hydrogen) atoms. The van der Waals surface area contributed by atoms with Crippen LogP contribution in [0.5, 0.6) is 0 Å². The van der Waals surface area contributed by atoms with Crippen LogP contribution >= 0.6 is 22.9 Å². The lowest BCUT2D eigenvalue weighted by Gasteiger charge is -1.98. The van der Waals surface area contributed by atoms with E-state index in [2.05, 4.69) is 4.98 Å². The third kappa shape index (κ3) is 2.84. The van der Waals surface area contributed by atoms with Crippen molar-refractivity contribution in [1.29, 1.82) is 0 Å². The first-order valence-electron chi connectivity index (χ1n) is 5.07. The van der Waals surface area contributed by atoms with Crippen LogP contribution in [-0.2, 0) is 11.2 Å². The van der Waals surface area contributed by atoms with Crippen molar-refractivity contribution < 1.29 is 4.79 Å². The van der Waals surface area contributed by atoms with Crippen LogP contribution in [0.2, 0.25) is 5.02 Å². The van der Waals surface area contributed by atoms with Crippen LogP contribution in [0, 0.1) is 6.92 Å². The molecule has 0 aliphatic carbocycles. The molecule has 3 nitrogen and oxygen atoms in total. The monoisotopic (exact) mass is 266 g/mol. The Morgan fingerprint density at radius 2 is 2.06 bits per heavy atom. The Labute approximate surface area is 108 Å². The maximum Gasteiger partial charge on any atom is 0.224 e. The van der Waals surface area contributed by atoms with E-state index in [1.807, 2.05) is 31.2 Å². The lowest BCUT2D eigenvalue weighted by molar-refractivity contribution is -0.117. The molecule has 0 fully saturated rings. The number of carbonyl (C=O) groups is 1. The summed E-state index contributed by atoms with van der Waals surface area (Å²) in [6.07, 6.45) is 0.194. The lowest BCUT2D eigenvalue weighted by atomic mass is 10.1. The van der Waals surface area contributed by atoms with E-state index in [4.69, 9.17) is 17.3 Å². The number of nitrogens with two attached hydrogens (primary N) is 1.